The van der Waals surface area contributed by atoms with E-state index in [0.29, 0.717) is 0 Å². The van der Waals surface area contributed by atoms with Gasteiger partial charge in [-0.25, -0.2) is 0 Å². The van der Waals surface area contributed by atoms with E-state index < -0.39 is 0 Å². The summed E-state index contributed by atoms with van der Waals surface area (Å²) in [5.74, 6) is 0. The Kier molecular flexibility index (Phi) is 306. The zero-order valence-corrected chi connectivity index (χ0v) is 4.82. The van der Waals surface area contributed by atoms with E-state index in [1.807, 2.05) is 0 Å². The third-order valence-corrected chi connectivity index (χ3v) is 0. The largest absolute Gasteiger partial charge is 0.483 e. The van der Waals surface area contributed by atoms with Crippen LogP contribution in [-0.4, -0.2) is 28.6 Å². The summed E-state index contributed by atoms with van der Waals surface area (Å²) >= 11 is 0. The van der Waals surface area contributed by atoms with Crippen molar-refractivity contribution in [1.29, 1.82) is 0 Å². The Bertz CT molecular complexity index is 31.4. The van der Waals surface area contributed by atoms with Crippen molar-refractivity contribution in [2.45, 2.75) is 0 Å². The van der Waals surface area contributed by atoms with Gasteiger partial charge in [-0.05, 0) is 0 Å². The molecule has 0 aliphatic heterocycles. The predicted octanol–water partition coefficient (Wildman–Crippen LogP) is -1.43. The number of hydrogen-bond donors (Lipinski definition) is 2. The predicted molar refractivity (Wildman–Crippen MR) is 21.0 cm³/mol. The summed E-state index contributed by atoms with van der Waals surface area (Å²) in [4.78, 5) is 16.7. The van der Waals surface area contributed by atoms with E-state index in [-0.39, 0.29) is 35.5 Å². The van der Waals surface area contributed by atoms with Gasteiger partial charge in [0, 0.05) is 17.1 Å². The first kappa shape index (κ1) is 26.1. The van der Waals surface area contributed by atoms with Gasteiger partial charge in [-0.2, -0.15) is 0 Å². The van der Waals surface area contributed by atoms with Gasteiger partial charge in [0.25, 0.3) is 12.9 Å². The van der Waals surface area contributed by atoms with Crippen molar-refractivity contribution in [2.24, 2.45) is 0 Å². The quantitative estimate of drug-likeness (QED) is 0.339. The molecule has 0 radical (unpaired) electrons. The molecular formula is C2H6FeO5. The molecule has 4 N–H and O–H groups in total. The molecule has 0 aliphatic rings. The molecule has 0 heterocycles. The Morgan fingerprint density at radius 2 is 1.00 bits per heavy atom. The fourth-order valence-corrected chi connectivity index (χ4v) is 0. The normalized spacial score (nSPS) is 3.00. The summed E-state index contributed by atoms with van der Waals surface area (Å²) in [6.45, 7) is -0.500. The maximum Gasteiger partial charge on any atom is 0.290 e. The van der Waals surface area contributed by atoms with Crippen LogP contribution in [0.1, 0.15) is 0 Å². The van der Waals surface area contributed by atoms with Crippen molar-refractivity contribution in [3.05, 3.63) is 0 Å². The van der Waals surface area contributed by atoms with Gasteiger partial charge in [0.05, 0.1) is 0 Å². The van der Waals surface area contributed by atoms with Crippen LogP contribution in [0, 0.1) is 0 Å². The molecule has 6 heteroatoms. The molecule has 52 valence electrons. The Hall–Kier alpha value is -0.581. The summed E-state index contributed by atoms with van der Waals surface area (Å²) in [7, 11) is 0. The first-order valence-corrected chi connectivity index (χ1v) is 0.988. The molecule has 5 nitrogen and oxygen atoms in total. The van der Waals surface area contributed by atoms with Gasteiger partial charge in [0.15, 0.2) is 0 Å². The monoisotopic (exact) mass is 166 g/mol. The molecule has 8 heavy (non-hydrogen) atoms. The summed E-state index contributed by atoms with van der Waals surface area (Å²) in [6, 6.07) is 0. The van der Waals surface area contributed by atoms with Crippen LogP contribution >= 0.6 is 0 Å². The number of hydrogen-bond acceptors (Lipinski definition) is 2. The van der Waals surface area contributed by atoms with Crippen LogP contribution in [0.5, 0.6) is 0 Å². The zero-order chi connectivity index (χ0) is 5.41. The van der Waals surface area contributed by atoms with Gasteiger partial charge in [0.1, 0.15) is 0 Å². The standard InChI is InChI=1S/2CH2O2.Fe.H2O/c2*2-1-3;;/h2*1H,(H,2,3);;1H2. The fourth-order valence-electron chi connectivity index (χ4n) is 0. The second kappa shape index (κ2) is 93.6. The molecule has 0 fully saturated rings. The zero-order valence-electron chi connectivity index (χ0n) is 3.72. The fraction of sp³-hybridized carbons (Fsp3) is 0. The van der Waals surface area contributed by atoms with Crippen LogP contribution in [0.15, 0.2) is 0 Å². The number of carboxylic acid groups (broad SMARTS) is 2. The van der Waals surface area contributed by atoms with Crippen LogP contribution in [0.3, 0.4) is 0 Å². The van der Waals surface area contributed by atoms with E-state index in [1.165, 1.54) is 0 Å². The second-order valence-corrected chi connectivity index (χ2v) is 0.211. The molecule has 0 aromatic heterocycles. The second-order valence-electron chi connectivity index (χ2n) is 0.211. The van der Waals surface area contributed by atoms with Crippen molar-refractivity contribution in [3.8, 4) is 0 Å². The molecular weight excluding hydrogens is 160 g/mol. The molecule has 0 aromatic carbocycles. The van der Waals surface area contributed by atoms with Crippen LogP contribution in [0.2, 0.25) is 0 Å². The topological polar surface area (TPSA) is 106 Å². The summed E-state index contributed by atoms with van der Waals surface area (Å²) in [5, 5.41) is 13.8. The molecule has 0 atom stereocenters. The SMILES string of the molecule is O.O=CO.O=CO.[Fe]. The molecule has 0 unspecified atom stereocenters. The van der Waals surface area contributed by atoms with Crippen LogP contribution in [0.4, 0.5) is 0 Å². The maximum atomic E-state index is 8.36. The van der Waals surface area contributed by atoms with E-state index in [0.717, 1.165) is 0 Å². The Morgan fingerprint density at radius 1 is 1.00 bits per heavy atom. The van der Waals surface area contributed by atoms with Crippen LogP contribution < -0.4 is 0 Å². The molecule has 0 amide bonds. The van der Waals surface area contributed by atoms with Gasteiger partial charge in [-0.15, -0.1) is 0 Å². The molecule has 0 saturated heterocycles. The van der Waals surface area contributed by atoms with E-state index in [4.69, 9.17) is 19.8 Å². The molecule has 0 saturated carbocycles. The van der Waals surface area contributed by atoms with E-state index >= 15 is 0 Å². The minimum atomic E-state index is -0.250. The maximum absolute atomic E-state index is 8.36. The molecule has 0 aliphatic carbocycles. The minimum Gasteiger partial charge on any atom is -0.483 e. The summed E-state index contributed by atoms with van der Waals surface area (Å²) < 4.78 is 0. The minimum absolute atomic E-state index is 0. The number of rotatable bonds is 0. The van der Waals surface area contributed by atoms with Crippen LogP contribution in [0.25, 0.3) is 0 Å². The molecule has 0 aromatic rings. The van der Waals surface area contributed by atoms with E-state index in [1.54, 1.807) is 0 Å². The molecule has 0 bridgehead atoms. The summed E-state index contributed by atoms with van der Waals surface area (Å²) in [5.41, 5.74) is 0. The first-order valence-electron chi connectivity index (χ1n) is 0.988. The van der Waals surface area contributed by atoms with Gasteiger partial charge in [0.2, 0.25) is 0 Å². The van der Waals surface area contributed by atoms with Gasteiger partial charge >= 0.3 is 0 Å². The summed E-state index contributed by atoms with van der Waals surface area (Å²) in [6.07, 6.45) is 0. The van der Waals surface area contributed by atoms with Crippen molar-refractivity contribution in [2.75, 3.05) is 0 Å². The van der Waals surface area contributed by atoms with Gasteiger partial charge < -0.3 is 15.7 Å². The third kappa shape index (κ3) is 314. The number of carbonyl (C=O) groups is 2. The van der Waals surface area contributed by atoms with E-state index in [2.05, 4.69) is 0 Å². The van der Waals surface area contributed by atoms with Crippen molar-refractivity contribution >= 4 is 12.9 Å². The smallest absolute Gasteiger partial charge is 0.290 e. The van der Waals surface area contributed by atoms with Gasteiger partial charge in [-0.3, -0.25) is 9.59 Å². The molecule has 0 spiro atoms. The Balaban J connectivity index is -0.0000000160. The Morgan fingerprint density at radius 3 is 1.00 bits per heavy atom. The Labute approximate surface area is 56.1 Å². The average molecular weight is 166 g/mol. The van der Waals surface area contributed by atoms with Crippen molar-refractivity contribution < 1.29 is 42.3 Å². The third-order valence-electron chi connectivity index (χ3n) is 0. The first-order chi connectivity index (χ1) is 2.83. The van der Waals surface area contributed by atoms with Gasteiger partial charge in [-0.1, -0.05) is 0 Å². The average Bonchev–Trinajstić information content (AvgIpc) is 1.39. The van der Waals surface area contributed by atoms with Crippen molar-refractivity contribution in [1.82, 2.24) is 0 Å². The van der Waals surface area contributed by atoms with E-state index in [9.17, 15) is 0 Å². The van der Waals surface area contributed by atoms with Crippen molar-refractivity contribution in [3.63, 3.8) is 0 Å². The molecule has 0 rings (SSSR count). The van der Waals surface area contributed by atoms with Crippen LogP contribution in [-0.2, 0) is 26.7 Å².